The molecule has 4 rings (SSSR count). The smallest absolute Gasteiger partial charge is 0.274 e. The summed E-state index contributed by atoms with van der Waals surface area (Å²) in [5.74, 6) is -3.75. The molecule has 3 atom stereocenters. The number of amides is 1. The SMILES string of the molecule is C[C@H]1C[C@@H](c2ccncc2NC(=O)c2ccc(F)c(-c3c(F)cccc3F)n2)C[C@@H](N)/C1=N/O. The Kier molecular flexibility index (Phi) is 6.60. The number of nitrogens with one attached hydrogen (secondary N) is 1. The van der Waals surface area contributed by atoms with Crippen LogP contribution >= 0.6 is 0 Å². The third-order valence-electron chi connectivity index (χ3n) is 6.00. The molecule has 1 fully saturated rings. The highest BCUT2D eigenvalue weighted by Gasteiger charge is 2.33. The van der Waals surface area contributed by atoms with Crippen molar-refractivity contribution in [1.29, 1.82) is 0 Å². The molecule has 1 aliphatic carbocycles. The molecule has 0 unspecified atom stereocenters. The summed E-state index contributed by atoms with van der Waals surface area (Å²) in [5, 5.41) is 15.2. The zero-order valence-electron chi connectivity index (χ0n) is 18.2. The van der Waals surface area contributed by atoms with Crippen LogP contribution in [0.15, 0.2) is 53.9 Å². The van der Waals surface area contributed by atoms with Gasteiger partial charge in [0.15, 0.2) is 0 Å². The van der Waals surface area contributed by atoms with Crippen molar-refractivity contribution in [2.24, 2.45) is 16.8 Å². The van der Waals surface area contributed by atoms with Crippen molar-refractivity contribution >= 4 is 17.3 Å². The fraction of sp³-hybridized carbons (Fsp3) is 0.250. The number of carbonyl (C=O) groups excluding carboxylic acids is 1. The lowest BCUT2D eigenvalue weighted by atomic mass is 9.75. The van der Waals surface area contributed by atoms with Crippen LogP contribution < -0.4 is 11.1 Å². The van der Waals surface area contributed by atoms with Crippen molar-refractivity contribution in [3.63, 3.8) is 0 Å². The quantitative estimate of drug-likeness (QED) is 0.385. The van der Waals surface area contributed by atoms with Gasteiger partial charge in [-0.3, -0.25) is 9.78 Å². The average Bonchev–Trinajstić information content (AvgIpc) is 2.80. The molecule has 3 aromatic rings. The van der Waals surface area contributed by atoms with Crippen LogP contribution in [-0.2, 0) is 0 Å². The van der Waals surface area contributed by atoms with Crippen molar-refractivity contribution in [2.45, 2.75) is 31.7 Å². The van der Waals surface area contributed by atoms with E-state index in [-0.39, 0.29) is 17.5 Å². The summed E-state index contributed by atoms with van der Waals surface area (Å²) in [6.45, 7) is 1.91. The van der Waals surface area contributed by atoms with Gasteiger partial charge in [-0.2, -0.15) is 0 Å². The van der Waals surface area contributed by atoms with E-state index in [9.17, 15) is 23.2 Å². The molecule has 1 aliphatic rings. The first kappa shape index (κ1) is 23.4. The van der Waals surface area contributed by atoms with Crippen molar-refractivity contribution in [2.75, 3.05) is 5.32 Å². The van der Waals surface area contributed by atoms with Gasteiger partial charge < -0.3 is 16.3 Å². The van der Waals surface area contributed by atoms with Gasteiger partial charge >= 0.3 is 0 Å². The van der Waals surface area contributed by atoms with Gasteiger partial charge in [0, 0.05) is 12.2 Å². The van der Waals surface area contributed by atoms with Crippen LogP contribution in [0.2, 0.25) is 0 Å². The minimum Gasteiger partial charge on any atom is -0.411 e. The number of benzene rings is 1. The Morgan fingerprint density at radius 1 is 1.12 bits per heavy atom. The number of rotatable bonds is 4. The second kappa shape index (κ2) is 9.60. The Bertz CT molecular complexity index is 1230. The number of carbonyl (C=O) groups is 1. The summed E-state index contributed by atoms with van der Waals surface area (Å²) >= 11 is 0. The molecule has 0 radical (unpaired) electrons. The van der Waals surface area contributed by atoms with E-state index in [0.717, 1.165) is 35.9 Å². The van der Waals surface area contributed by atoms with Gasteiger partial charge in [-0.1, -0.05) is 18.1 Å². The molecule has 0 saturated heterocycles. The first-order chi connectivity index (χ1) is 16.3. The van der Waals surface area contributed by atoms with Gasteiger partial charge in [-0.05, 0) is 60.6 Å². The third kappa shape index (κ3) is 4.49. The van der Waals surface area contributed by atoms with E-state index in [0.29, 0.717) is 24.2 Å². The topological polar surface area (TPSA) is 113 Å². The highest BCUT2D eigenvalue weighted by Crippen LogP contribution is 2.37. The van der Waals surface area contributed by atoms with Gasteiger partial charge in [0.25, 0.3) is 5.91 Å². The minimum atomic E-state index is -0.993. The summed E-state index contributed by atoms with van der Waals surface area (Å²) in [6.07, 6.45) is 4.21. The van der Waals surface area contributed by atoms with Gasteiger partial charge in [0.05, 0.1) is 23.2 Å². The van der Waals surface area contributed by atoms with Crippen LogP contribution in [0.5, 0.6) is 0 Å². The molecule has 0 spiro atoms. The van der Waals surface area contributed by atoms with Crippen molar-refractivity contribution in [3.8, 4) is 11.3 Å². The van der Waals surface area contributed by atoms with Gasteiger partial charge in [-0.25, -0.2) is 18.2 Å². The number of oxime groups is 1. The molecule has 0 aliphatic heterocycles. The lowest BCUT2D eigenvalue weighted by molar-refractivity contribution is 0.102. The molecule has 1 aromatic carbocycles. The number of hydrogen-bond acceptors (Lipinski definition) is 6. The first-order valence-electron chi connectivity index (χ1n) is 10.6. The van der Waals surface area contributed by atoms with Crippen LogP contribution in [0.4, 0.5) is 18.9 Å². The zero-order chi connectivity index (χ0) is 24.4. The fourth-order valence-corrected chi connectivity index (χ4v) is 4.38. The molecule has 2 heterocycles. The summed E-state index contributed by atoms with van der Waals surface area (Å²) in [7, 11) is 0. The van der Waals surface area contributed by atoms with Gasteiger partial charge in [0.2, 0.25) is 0 Å². The normalized spacial score (nSPS) is 21.4. The number of anilines is 1. The molecular weight excluding hydrogens is 447 g/mol. The first-order valence-corrected chi connectivity index (χ1v) is 10.6. The van der Waals surface area contributed by atoms with Crippen LogP contribution in [0, 0.1) is 23.4 Å². The Morgan fingerprint density at radius 3 is 2.53 bits per heavy atom. The van der Waals surface area contributed by atoms with E-state index in [4.69, 9.17) is 5.73 Å². The molecule has 176 valence electrons. The second-order valence-electron chi connectivity index (χ2n) is 8.24. The number of nitrogens with zero attached hydrogens (tertiary/aromatic N) is 3. The maximum absolute atomic E-state index is 14.4. The Hall–Kier alpha value is -3.79. The van der Waals surface area contributed by atoms with Gasteiger partial charge in [-0.15, -0.1) is 0 Å². The van der Waals surface area contributed by atoms with E-state index in [1.807, 2.05) is 6.92 Å². The van der Waals surface area contributed by atoms with E-state index in [1.165, 1.54) is 6.20 Å². The van der Waals surface area contributed by atoms with Crippen molar-refractivity contribution < 1.29 is 23.2 Å². The summed E-state index contributed by atoms with van der Waals surface area (Å²) in [5.41, 5.74) is 6.40. The lowest BCUT2D eigenvalue weighted by Gasteiger charge is -2.33. The Balaban J connectivity index is 1.63. The number of nitrogens with two attached hydrogens (primary N) is 1. The van der Waals surface area contributed by atoms with Crippen LogP contribution in [0.3, 0.4) is 0 Å². The summed E-state index contributed by atoms with van der Waals surface area (Å²) < 4.78 is 42.7. The predicted molar refractivity (Wildman–Crippen MR) is 120 cm³/mol. The van der Waals surface area contributed by atoms with Crippen LogP contribution in [-0.4, -0.2) is 32.8 Å². The fourth-order valence-electron chi connectivity index (χ4n) is 4.38. The maximum Gasteiger partial charge on any atom is 0.274 e. The highest BCUT2D eigenvalue weighted by molar-refractivity contribution is 6.03. The number of aromatic nitrogens is 2. The zero-order valence-corrected chi connectivity index (χ0v) is 18.2. The monoisotopic (exact) mass is 469 g/mol. The number of pyridine rings is 2. The third-order valence-corrected chi connectivity index (χ3v) is 6.00. The summed E-state index contributed by atoms with van der Waals surface area (Å²) in [6, 6.07) is 6.51. The lowest BCUT2D eigenvalue weighted by Crippen LogP contribution is -2.41. The van der Waals surface area contributed by atoms with E-state index in [1.54, 1.807) is 12.3 Å². The van der Waals surface area contributed by atoms with E-state index >= 15 is 0 Å². The molecule has 0 bridgehead atoms. The minimum absolute atomic E-state index is 0.0435. The molecule has 7 nitrogen and oxygen atoms in total. The molecule has 4 N–H and O–H groups in total. The number of halogens is 3. The highest BCUT2D eigenvalue weighted by atomic mass is 19.1. The molecule has 10 heteroatoms. The molecular formula is C24H22F3N5O2. The van der Waals surface area contributed by atoms with Gasteiger partial charge in [0.1, 0.15) is 28.8 Å². The molecule has 34 heavy (non-hydrogen) atoms. The molecule has 2 aromatic heterocycles. The Labute approximate surface area is 193 Å². The number of hydrogen-bond donors (Lipinski definition) is 3. The maximum atomic E-state index is 14.4. The predicted octanol–water partition coefficient (Wildman–Crippen LogP) is 4.48. The van der Waals surface area contributed by atoms with Crippen molar-refractivity contribution in [1.82, 2.24) is 9.97 Å². The van der Waals surface area contributed by atoms with Crippen molar-refractivity contribution in [3.05, 3.63) is 77.5 Å². The van der Waals surface area contributed by atoms with E-state index < -0.39 is 40.7 Å². The largest absolute Gasteiger partial charge is 0.411 e. The van der Waals surface area contributed by atoms with E-state index in [2.05, 4.69) is 20.4 Å². The van der Waals surface area contributed by atoms with Crippen LogP contribution in [0.1, 0.15) is 41.7 Å². The van der Waals surface area contributed by atoms with Crippen LogP contribution in [0.25, 0.3) is 11.3 Å². The summed E-state index contributed by atoms with van der Waals surface area (Å²) in [4.78, 5) is 20.9. The second-order valence-corrected chi connectivity index (χ2v) is 8.24. The standard InChI is InChI=1S/C24H22F3N5O2/c1-12-9-13(10-18(28)22(12)32-34)14-7-8-29-11-20(14)31-24(33)19-6-5-17(27)23(30-19)21-15(25)3-2-4-16(21)26/h2-8,11-13,18,34H,9-10,28H2,1H3,(H,31,33)/b32-22+/t12-,13+,18+/m0/s1. The Morgan fingerprint density at radius 2 is 1.85 bits per heavy atom. The average molecular weight is 469 g/mol. The molecule has 1 saturated carbocycles. The molecule has 1 amide bonds.